The summed E-state index contributed by atoms with van der Waals surface area (Å²) in [6.07, 6.45) is 1.74. The fourth-order valence-corrected chi connectivity index (χ4v) is 2.64. The van der Waals surface area contributed by atoms with E-state index in [1.807, 2.05) is 36.9 Å². The van der Waals surface area contributed by atoms with Crippen LogP contribution in [0.4, 0.5) is 5.69 Å². The van der Waals surface area contributed by atoms with Crippen LogP contribution in [0.15, 0.2) is 24.4 Å². The van der Waals surface area contributed by atoms with Gasteiger partial charge in [0.25, 0.3) is 5.91 Å². The molecule has 4 N–H and O–H groups in total. The first kappa shape index (κ1) is 13.8. The Morgan fingerprint density at radius 3 is 3.05 bits per heavy atom. The average Bonchev–Trinajstić information content (AvgIpc) is 2.79. The van der Waals surface area contributed by atoms with Gasteiger partial charge in [-0.15, -0.1) is 0 Å². The van der Waals surface area contributed by atoms with E-state index in [1.165, 1.54) is 0 Å². The smallest absolute Gasteiger partial charge is 0.253 e. The molecule has 0 aliphatic carbocycles. The van der Waals surface area contributed by atoms with Crippen molar-refractivity contribution in [3.8, 4) is 0 Å². The minimum absolute atomic E-state index is 0.0415. The number of nitrogens with two attached hydrogens (primary N) is 1. The van der Waals surface area contributed by atoms with Crippen molar-refractivity contribution in [1.82, 2.24) is 10.3 Å². The summed E-state index contributed by atoms with van der Waals surface area (Å²) in [5, 5.41) is 3.92. The number of amides is 1. The summed E-state index contributed by atoms with van der Waals surface area (Å²) in [6, 6.07) is 5.68. The van der Waals surface area contributed by atoms with Crippen molar-refractivity contribution in [2.75, 3.05) is 17.2 Å². The highest BCUT2D eigenvalue weighted by molar-refractivity contribution is 7.99. The molecule has 0 spiro atoms. The Hall–Kier alpha value is -1.62. The highest BCUT2D eigenvalue weighted by Gasteiger charge is 2.14. The number of rotatable bonds is 5. The van der Waals surface area contributed by atoms with Crippen LogP contribution in [0.1, 0.15) is 24.2 Å². The maximum atomic E-state index is 12.2. The molecule has 2 rings (SSSR count). The second-order valence-corrected chi connectivity index (χ2v) is 5.86. The third-order valence-corrected chi connectivity index (χ3v) is 4.04. The Labute approximate surface area is 117 Å². The van der Waals surface area contributed by atoms with Gasteiger partial charge in [-0.3, -0.25) is 4.79 Å². The van der Waals surface area contributed by atoms with Gasteiger partial charge in [0.05, 0.1) is 5.56 Å². The van der Waals surface area contributed by atoms with Crippen LogP contribution in [0, 0.1) is 0 Å². The number of H-pyrrole nitrogens is 1. The summed E-state index contributed by atoms with van der Waals surface area (Å²) in [4.78, 5) is 15.3. The zero-order valence-corrected chi connectivity index (χ0v) is 12.0. The maximum Gasteiger partial charge on any atom is 0.253 e. The molecule has 0 radical (unpaired) electrons. The molecule has 0 saturated heterocycles. The van der Waals surface area contributed by atoms with E-state index in [1.54, 1.807) is 6.20 Å². The molecule has 0 saturated carbocycles. The number of hydrogen-bond acceptors (Lipinski definition) is 3. The molecule has 0 bridgehead atoms. The van der Waals surface area contributed by atoms with Gasteiger partial charge in [-0.25, -0.2) is 0 Å². The van der Waals surface area contributed by atoms with Crippen molar-refractivity contribution >= 4 is 34.3 Å². The molecule has 5 heteroatoms. The van der Waals surface area contributed by atoms with Gasteiger partial charge in [0.2, 0.25) is 0 Å². The van der Waals surface area contributed by atoms with Gasteiger partial charge >= 0.3 is 0 Å². The van der Waals surface area contributed by atoms with E-state index in [0.29, 0.717) is 11.3 Å². The first-order valence-corrected chi connectivity index (χ1v) is 7.52. The molecule has 1 atom stereocenters. The summed E-state index contributed by atoms with van der Waals surface area (Å²) in [6.45, 7) is 4.14. The number of aromatic amines is 1. The normalized spacial score (nSPS) is 12.5. The Kier molecular flexibility index (Phi) is 4.37. The van der Waals surface area contributed by atoms with Gasteiger partial charge in [-0.05, 0) is 30.9 Å². The maximum absolute atomic E-state index is 12.2. The zero-order valence-electron chi connectivity index (χ0n) is 11.2. The van der Waals surface area contributed by atoms with Crippen LogP contribution in [0.3, 0.4) is 0 Å². The van der Waals surface area contributed by atoms with Crippen LogP contribution < -0.4 is 11.1 Å². The Balaban J connectivity index is 2.13. The number of thioether (sulfide) groups is 1. The minimum Gasteiger partial charge on any atom is -0.399 e. The minimum atomic E-state index is -0.0415. The molecule has 4 nitrogen and oxygen atoms in total. The molecule has 0 aliphatic heterocycles. The molecule has 19 heavy (non-hydrogen) atoms. The Bertz CT molecular complexity index is 579. The van der Waals surface area contributed by atoms with E-state index in [-0.39, 0.29) is 11.9 Å². The predicted molar refractivity (Wildman–Crippen MR) is 82.6 cm³/mol. The molecule has 0 fully saturated rings. The van der Waals surface area contributed by atoms with E-state index >= 15 is 0 Å². The fourth-order valence-electron chi connectivity index (χ4n) is 1.97. The van der Waals surface area contributed by atoms with Gasteiger partial charge in [-0.1, -0.05) is 6.92 Å². The van der Waals surface area contributed by atoms with Crippen molar-refractivity contribution in [2.24, 2.45) is 0 Å². The predicted octanol–water partition coefficient (Wildman–Crippen LogP) is 2.62. The lowest BCUT2D eigenvalue weighted by molar-refractivity contribution is 0.0945. The second-order valence-electron chi connectivity index (χ2n) is 4.54. The van der Waals surface area contributed by atoms with Crippen molar-refractivity contribution in [3.05, 3.63) is 30.0 Å². The fraction of sp³-hybridized carbons (Fsp3) is 0.357. The van der Waals surface area contributed by atoms with Crippen LogP contribution in [-0.2, 0) is 0 Å². The van der Waals surface area contributed by atoms with E-state index in [4.69, 9.17) is 5.73 Å². The second kappa shape index (κ2) is 6.02. The third kappa shape index (κ3) is 3.23. The lowest BCUT2D eigenvalue weighted by atomic mass is 10.1. The first-order chi connectivity index (χ1) is 9.11. The first-order valence-electron chi connectivity index (χ1n) is 6.37. The third-order valence-electron chi connectivity index (χ3n) is 2.90. The molecule has 102 valence electrons. The number of anilines is 1. The molecule has 1 amide bonds. The Morgan fingerprint density at radius 2 is 2.32 bits per heavy atom. The highest BCUT2D eigenvalue weighted by Crippen LogP contribution is 2.20. The van der Waals surface area contributed by atoms with Crippen LogP contribution in [0.2, 0.25) is 0 Å². The molecule has 0 aliphatic rings. The van der Waals surface area contributed by atoms with Gasteiger partial charge in [0, 0.05) is 34.6 Å². The van der Waals surface area contributed by atoms with Crippen LogP contribution in [-0.4, -0.2) is 28.4 Å². The van der Waals surface area contributed by atoms with Gasteiger partial charge in [0.1, 0.15) is 0 Å². The standard InChI is InChI=1S/C14H19N3OS/c1-3-19-8-9(2)17-14(18)12-7-16-13-6-10(15)4-5-11(12)13/h4-7,9,16H,3,8,15H2,1-2H3,(H,17,18). The van der Waals surface area contributed by atoms with Gasteiger partial charge < -0.3 is 16.0 Å². The van der Waals surface area contributed by atoms with Crippen molar-refractivity contribution in [2.45, 2.75) is 19.9 Å². The topological polar surface area (TPSA) is 70.9 Å². The summed E-state index contributed by atoms with van der Waals surface area (Å²) in [5.74, 6) is 1.95. The largest absolute Gasteiger partial charge is 0.399 e. The molecule has 1 aromatic carbocycles. The number of nitrogens with one attached hydrogen (secondary N) is 2. The van der Waals surface area contributed by atoms with Gasteiger partial charge in [0.15, 0.2) is 0 Å². The molecule has 1 aromatic heterocycles. The van der Waals surface area contributed by atoms with Crippen molar-refractivity contribution < 1.29 is 4.79 Å². The summed E-state index contributed by atoms with van der Waals surface area (Å²) in [5.41, 5.74) is 7.97. The lowest BCUT2D eigenvalue weighted by Gasteiger charge is -2.12. The summed E-state index contributed by atoms with van der Waals surface area (Å²) >= 11 is 1.82. The van der Waals surface area contributed by atoms with Crippen molar-refractivity contribution in [1.29, 1.82) is 0 Å². The van der Waals surface area contributed by atoms with Gasteiger partial charge in [-0.2, -0.15) is 11.8 Å². The summed E-state index contributed by atoms with van der Waals surface area (Å²) in [7, 11) is 0. The van der Waals surface area contributed by atoms with E-state index in [9.17, 15) is 4.79 Å². The molecular formula is C14H19N3OS. The van der Waals surface area contributed by atoms with Crippen LogP contribution >= 0.6 is 11.8 Å². The summed E-state index contributed by atoms with van der Waals surface area (Å²) < 4.78 is 0. The highest BCUT2D eigenvalue weighted by atomic mass is 32.2. The van der Waals surface area contributed by atoms with Crippen molar-refractivity contribution in [3.63, 3.8) is 0 Å². The van der Waals surface area contributed by atoms with E-state index < -0.39 is 0 Å². The van der Waals surface area contributed by atoms with E-state index in [0.717, 1.165) is 22.4 Å². The Morgan fingerprint density at radius 1 is 1.53 bits per heavy atom. The lowest BCUT2D eigenvalue weighted by Crippen LogP contribution is -2.34. The number of nitrogen functional groups attached to an aromatic ring is 1. The number of benzene rings is 1. The zero-order chi connectivity index (χ0) is 13.8. The quantitative estimate of drug-likeness (QED) is 0.736. The number of fused-ring (bicyclic) bond motifs is 1. The number of carbonyl (C=O) groups excluding carboxylic acids is 1. The number of aromatic nitrogens is 1. The molecule has 1 heterocycles. The number of carbonyl (C=O) groups is 1. The molecule has 1 unspecified atom stereocenters. The van der Waals surface area contributed by atoms with E-state index in [2.05, 4.69) is 17.2 Å². The monoisotopic (exact) mass is 277 g/mol. The SMILES string of the molecule is CCSCC(C)NC(=O)c1c[nH]c2cc(N)ccc12. The van der Waals surface area contributed by atoms with Crippen LogP contribution in [0.25, 0.3) is 10.9 Å². The molecule has 2 aromatic rings. The molecular weight excluding hydrogens is 258 g/mol. The number of hydrogen-bond donors (Lipinski definition) is 3. The van der Waals surface area contributed by atoms with Crippen LogP contribution in [0.5, 0.6) is 0 Å². The average molecular weight is 277 g/mol.